The Kier molecular flexibility index (Phi) is 4.56. The van der Waals surface area contributed by atoms with Crippen molar-refractivity contribution in [3.63, 3.8) is 0 Å². The highest BCUT2D eigenvalue weighted by atomic mass is 32.2. The standard InChI is InChI=1S/C10H21NOS/c1-8(7-13-3)11(2)9-5-4-6-10(9)12/h8-10,12H,4-7H2,1-3H3/t8?,9-,10-/m0/s1. The summed E-state index contributed by atoms with van der Waals surface area (Å²) in [6.45, 7) is 2.24. The van der Waals surface area contributed by atoms with Crippen molar-refractivity contribution in [3.05, 3.63) is 0 Å². The SMILES string of the molecule is CSCC(C)N(C)[C@H]1CCC[C@@H]1O. The molecule has 2 nitrogen and oxygen atoms in total. The molecular formula is C10H21NOS. The molecule has 0 radical (unpaired) electrons. The average Bonchev–Trinajstić information content (AvgIpc) is 2.50. The van der Waals surface area contributed by atoms with Gasteiger partial charge < -0.3 is 5.11 Å². The second-order valence-electron chi connectivity index (χ2n) is 4.04. The van der Waals surface area contributed by atoms with Gasteiger partial charge in [0, 0.05) is 17.8 Å². The van der Waals surface area contributed by atoms with Gasteiger partial charge in [-0.3, -0.25) is 4.90 Å². The van der Waals surface area contributed by atoms with E-state index >= 15 is 0 Å². The Morgan fingerprint density at radius 3 is 2.69 bits per heavy atom. The topological polar surface area (TPSA) is 23.5 Å². The highest BCUT2D eigenvalue weighted by molar-refractivity contribution is 7.98. The third-order valence-corrected chi connectivity index (χ3v) is 3.89. The molecule has 78 valence electrons. The van der Waals surface area contributed by atoms with E-state index in [9.17, 15) is 5.11 Å². The summed E-state index contributed by atoms with van der Waals surface area (Å²) in [4.78, 5) is 2.34. The zero-order valence-corrected chi connectivity index (χ0v) is 9.68. The van der Waals surface area contributed by atoms with Gasteiger partial charge in [0.15, 0.2) is 0 Å². The largest absolute Gasteiger partial charge is 0.391 e. The molecule has 0 aromatic rings. The third-order valence-electron chi connectivity index (χ3n) is 3.07. The predicted molar refractivity (Wildman–Crippen MR) is 59.3 cm³/mol. The van der Waals surface area contributed by atoms with E-state index in [1.54, 1.807) is 0 Å². The molecule has 0 aromatic carbocycles. The Balaban J connectivity index is 2.40. The van der Waals surface area contributed by atoms with Gasteiger partial charge in [0.25, 0.3) is 0 Å². The molecule has 0 aliphatic heterocycles. The van der Waals surface area contributed by atoms with Crippen molar-refractivity contribution in [2.24, 2.45) is 0 Å². The van der Waals surface area contributed by atoms with Crippen LogP contribution in [-0.2, 0) is 0 Å². The van der Waals surface area contributed by atoms with Gasteiger partial charge in [-0.2, -0.15) is 11.8 Å². The average molecular weight is 203 g/mol. The lowest BCUT2D eigenvalue weighted by molar-refractivity contribution is 0.0710. The molecule has 1 N–H and O–H groups in total. The first-order chi connectivity index (χ1) is 6.16. The van der Waals surface area contributed by atoms with E-state index in [4.69, 9.17) is 0 Å². The van der Waals surface area contributed by atoms with Crippen LogP contribution in [0.1, 0.15) is 26.2 Å². The second kappa shape index (κ2) is 5.23. The Bertz CT molecular complexity index is 154. The Morgan fingerprint density at radius 1 is 1.54 bits per heavy atom. The normalized spacial score (nSPS) is 31.2. The molecule has 1 fully saturated rings. The Hall–Kier alpha value is 0.270. The van der Waals surface area contributed by atoms with E-state index in [0.29, 0.717) is 12.1 Å². The fourth-order valence-corrected chi connectivity index (χ4v) is 2.80. The highest BCUT2D eigenvalue weighted by Crippen LogP contribution is 2.25. The predicted octanol–water partition coefficient (Wildman–Crippen LogP) is 1.58. The lowest BCUT2D eigenvalue weighted by Gasteiger charge is -2.32. The summed E-state index contributed by atoms with van der Waals surface area (Å²) in [5.41, 5.74) is 0. The fourth-order valence-electron chi connectivity index (χ4n) is 2.08. The minimum Gasteiger partial charge on any atom is -0.391 e. The molecule has 0 bridgehead atoms. The summed E-state index contributed by atoms with van der Waals surface area (Å²) in [6, 6.07) is 0.981. The lowest BCUT2D eigenvalue weighted by Crippen LogP contribution is -2.43. The molecule has 1 saturated carbocycles. The summed E-state index contributed by atoms with van der Waals surface area (Å²) in [6.07, 6.45) is 5.38. The van der Waals surface area contributed by atoms with Crippen molar-refractivity contribution >= 4 is 11.8 Å². The first kappa shape index (κ1) is 11.3. The molecule has 0 saturated heterocycles. The van der Waals surface area contributed by atoms with Crippen LogP contribution >= 0.6 is 11.8 Å². The number of aliphatic hydroxyl groups excluding tert-OH is 1. The van der Waals surface area contributed by atoms with Crippen LogP contribution in [0.5, 0.6) is 0 Å². The van der Waals surface area contributed by atoms with E-state index in [2.05, 4.69) is 25.1 Å². The van der Waals surface area contributed by atoms with Crippen molar-refractivity contribution in [1.29, 1.82) is 0 Å². The number of aliphatic hydroxyl groups is 1. The van der Waals surface area contributed by atoms with Crippen LogP contribution in [0.2, 0.25) is 0 Å². The molecule has 1 aliphatic rings. The van der Waals surface area contributed by atoms with Crippen LogP contribution < -0.4 is 0 Å². The number of rotatable bonds is 4. The molecule has 1 unspecified atom stereocenters. The quantitative estimate of drug-likeness (QED) is 0.750. The van der Waals surface area contributed by atoms with Crippen LogP contribution in [-0.4, -0.2) is 47.3 Å². The van der Waals surface area contributed by atoms with Crippen LogP contribution in [0.4, 0.5) is 0 Å². The molecule has 0 aromatic heterocycles. The number of likely N-dealkylation sites (N-methyl/N-ethyl adjacent to an activating group) is 1. The number of thioether (sulfide) groups is 1. The van der Waals surface area contributed by atoms with E-state index in [-0.39, 0.29) is 6.10 Å². The van der Waals surface area contributed by atoms with Gasteiger partial charge in [-0.05, 0) is 39.5 Å². The maximum atomic E-state index is 9.73. The zero-order chi connectivity index (χ0) is 9.84. The molecule has 0 heterocycles. The van der Waals surface area contributed by atoms with Gasteiger partial charge in [-0.1, -0.05) is 0 Å². The van der Waals surface area contributed by atoms with Gasteiger partial charge in [0.1, 0.15) is 0 Å². The van der Waals surface area contributed by atoms with Crippen LogP contribution in [0.15, 0.2) is 0 Å². The molecular weight excluding hydrogens is 182 g/mol. The number of hydrogen-bond acceptors (Lipinski definition) is 3. The number of hydrogen-bond donors (Lipinski definition) is 1. The van der Waals surface area contributed by atoms with Crippen LogP contribution in [0.3, 0.4) is 0 Å². The molecule has 13 heavy (non-hydrogen) atoms. The maximum absolute atomic E-state index is 9.73. The van der Waals surface area contributed by atoms with Gasteiger partial charge >= 0.3 is 0 Å². The molecule has 3 atom stereocenters. The Labute approximate surface area is 85.7 Å². The van der Waals surface area contributed by atoms with Gasteiger partial charge in [0.05, 0.1) is 6.10 Å². The molecule has 1 aliphatic carbocycles. The first-order valence-electron chi connectivity index (χ1n) is 5.05. The summed E-state index contributed by atoms with van der Waals surface area (Å²) in [5, 5.41) is 9.73. The van der Waals surface area contributed by atoms with Crippen molar-refractivity contribution in [2.75, 3.05) is 19.1 Å². The lowest BCUT2D eigenvalue weighted by atomic mass is 10.1. The monoisotopic (exact) mass is 203 g/mol. The first-order valence-corrected chi connectivity index (χ1v) is 6.45. The molecule has 0 amide bonds. The maximum Gasteiger partial charge on any atom is 0.0695 e. The van der Waals surface area contributed by atoms with E-state index in [1.165, 1.54) is 6.42 Å². The Morgan fingerprint density at radius 2 is 2.23 bits per heavy atom. The molecule has 3 heteroatoms. The summed E-state index contributed by atoms with van der Waals surface area (Å²) in [5.74, 6) is 1.15. The third kappa shape index (κ3) is 2.86. The minimum atomic E-state index is -0.0886. The van der Waals surface area contributed by atoms with Crippen molar-refractivity contribution in [3.8, 4) is 0 Å². The van der Waals surface area contributed by atoms with Gasteiger partial charge in [-0.25, -0.2) is 0 Å². The van der Waals surface area contributed by atoms with Gasteiger partial charge in [-0.15, -0.1) is 0 Å². The van der Waals surface area contributed by atoms with E-state index in [1.807, 2.05) is 11.8 Å². The van der Waals surface area contributed by atoms with Crippen LogP contribution in [0.25, 0.3) is 0 Å². The molecule has 1 rings (SSSR count). The fraction of sp³-hybridized carbons (Fsp3) is 1.00. The summed E-state index contributed by atoms with van der Waals surface area (Å²) in [7, 11) is 2.14. The summed E-state index contributed by atoms with van der Waals surface area (Å²) < 4.78 is 0. The summed E-state index contributed by atoms with van der Waals surface area (Å²) >= 11 is 1.87. The van der Waals surface area contributed by atoms with Crippen molar-refractivity contribution < 1.29 is 5.11 Å². The molecule has 0 spiro atoms. The van der Waals surface area contributed by atoms with Crippen LogP contribution in [0, 0.1) is 0 Å². The highest BCUT2D eigenvalue weighted by Gasteiger charge is 2.30. The van der Waals surface area contributed by atoms with E-state index in [0.717, 1.165) is 18.6 Å². The van der Waals surface area contributed by atoms with Crippen molar-refractivity contribution in [2.45, 2.75) is 44.4 Å². The number of nitrogens with zero attached hydrogens (tertiary/aromatic N) is 1. The smallest absolute Gasteiger partial charge is 0.0695 e. The zero-order valence-electron chi connectivity index (χ0n) is 8.86. The second-order valence-corrected chi connectivity index (χ2v) is 4.95. The van der Waals surface area contributed by atoms with Crippen molar-refractivity contribution in [1.82, 2.24) is 4.90 Å². The minimum absolute atomic E-state index is 0.0886. The van der Waals surface area contributed by atoms with E-state index < -0.39 is 0 Å². The van der Waals surface area contributed by atoms with Gasteiger partial charge in [0.2, 0.25) is 0 Å².